The minimum atomic E-state index is -0.709. The summed E-state index contributed by atoms with van der Waals surface area (Å²) in [4.78, 5) is 47.8. The minimum absolute atomic E-state index is 0.00700. The molecule has 5 N–H and O–H groups in total. The zero-order chi connectivity index (χ0) is 30.0. The lowest BCUT2D eigenvalue weighted by molar-refractivity contribution is 0.0492. The van der Waals surface area contributed by atoms with Crippen LogP contribution in [0, 0.1) is 6.92 Å². The van der Waals surface area contributed by atoms with Crippen molar-refractivity contribution >= 4 is 23.2 Å². The number of esters is 1. The van der Waals surface area contributed by atoms with Crippen molar-refractivity contribution in [3.8, 4) is 39.8 Å². The Hall–Kier alpha value is -5.13. The van der Waals surface area contributed by atoms with E-state index in [0.29, 0.717) is 12.0 Å². The van der Waals surface area contributed by atoms with Crippen molar-refractivity contribution in [3.63, 3.8) is 0 Å². The number of allylic oxidation sites excluding steroid dienone is 2. The summed E-state index contributed by atoms with van der Waals surface area (Å²) in [6, 6.07) is 5.97. The first kappa shape index (κ1) is 28.9. The third-order valence-corrected chi connectivity index (χ3v) is 6.69. The average Bonchev–Trinajstić information content (AvgIpc) is 2.96. The molecule has 0 atom stereocenters. The zero-order valence-corrected chi connectivity index (χ0v) is 23.3. The first-order valence-corrected chi connectivity index (χ1v) is 12.7. The molecule has 0 unspecified atom stereocenters. The summed E-state index contributed by atoms with van der Waals surface area (Å²) in [5, 5.41) is 11.1. The summed E-state index contributed by atoms with van der Waals surface area (Å²) in [6.45, 7) is 3.76. The summed E-state index contributed by atoms with van der Waals surface area (Å²) in [7, 11) is 4.04. The van der Waals surface area contributed by atoms with Crippen molar-refractivity contribution in [3.05, 3.63) is 58.2 Å². The van der Waals surface area contributed by atoms with Crippen LogP contribution in [0.1, 0.15) is 56.7 Å². The molecule has 0 saturated heterocycles. The highest BCUT2D eigenvalue weighted by Gasteiger charge is 2.34. The van der Waals surface area contributed by atoms with Gasteiger partial charge in [-0.1, -0.05) is 13.3 Å². The highest BCUT2D eigenvalue weighted by atomic mass is 16.5. The van der Waals surface area contributed by atoms with Crippen molar-refractivity contribution in [2.24, 2.45) is 5.73 Å². The molecule has 2 aromatic heterocycles. The van der Waals surface area contributed by atoms with Crippen LogP contribution in [0.15, 0.2) is 35.7 Å². The number of unbranched alkanes of at least 4 members (excludes halogenated alkanes) is 1. The number of rotatable bonds is 9. The molecule has 12 heteroatoms. The molecule has 0 amide bonds. The molecule has 0 bridgehead atoms. The number of phenols is 1. The maximum atomic E-state index is 13.2. The maximum absolute atomic E-state index is 13.2. The second-order valence-corrected chi connectivity index (χ2v) is 9.11. The number of pyridine rings is 2. The fraction of sp³-hybridized carbons (Fsp3) is 0.276. The Labute approximate surface area is 235 Å². The fourth-order valence-electron chi connectivity index (χ4n) is 4.55. The van der Waals surface area contributed by atoms with Crippen LogP contribution in [0.4, 0.5) is 5.69 Å². The quantitative estimate of drug-likeness (QED) is 0.255. The van der Waals surface area contributed by atoms with Crippen LogP contribution in [0.25, 0.3) is 22.5 Å². The molecule has 12 nitrogen and oxygen atoms in total. The molecular weight excluding hydrogens is 532 g/mol. The number of carbonyl (C=O) groups excluding carboxylic acids is 3. The molecule has 41 heavy (non-hydrogen) atoms. The first-order valence-electron chi connectivity index (χ1n) is 12.7. The first-order chi connectivity index (χ1) is 19.6. The van der Waals surface area contributed by atoms with Crippen molar-refractivity contribution < 1.29 is 38.4 Å². The molecule has 1 aromatic carbocycles. The molecule has 4 rings (SSSR count). The van der Waals surface area contributed by atoms with Gasteiger partial charge in [0.1, 0.15) is 17.1 Å². The number of benzene rings is 1. The Kier molecular flexibility index (Phi) is 8.13. The Bertz CT molecular complexity index is 1610. The van der Waals surface area contributed by atoms with Crippen LogP contribution in [0.5, 0.6) is 17.2 Å². The van der Waals surface area contributed by atoms with Crippen molar-refractivity contribution in [1.29, 1.82) is 0 Å². The van der Waals surface area contributed by atoms with Gasteiger partial charge in [0.15, 0.2) is 23.0 Å². The Morgan fingerprint density at radius 1 is 0.927 bits per heavy atom. The average molecular weight is 563 g/mol. The number of fused-ring (bicyclic) bond motifs is 1. The Balaban J connectivity index is 1.99. The van der Waals surface area contributed by atoms with E-state index in [-0.39, 0.29) is 80.5 Å². The number of ketones is 2. The van der Waals surface area contributed by atoms with E-state index >= 15 is 0 Å². The normalized spacial score (nSPS) is 12.7. The van der Waals surface area contributed by atoms with Crippen LogP contribution in [0.2, 0.25) is 0 Å². The number of hydrogen-bond acceptors (Lipinski definition) is 12. The third-order valence-electron chi connectivity index (χ3n) is 6.69. The monoisotopic (exact) mass is 562 g/mol. The molecule has 0 radical (unpaired) electrons. The van der Waals surface area contributed by atoms with Crippen molar-refractivity contribution in [1.82, 2.24) is 9.97 Å². The van der Waals surface area contributed by atoms with E-state index in [1.54, 1.807) is 19.1 Å². The van der Waals surface area contributed by atoms with Gasteiger partial charge in [0.25, 0.3) is 0 Å². The van der Waals surface area contributed by atoms with Crippen LogP contribution in [-0.4, -0.2) is 60.5 Å². The molecule has 0 fully saturated rings. The Morgan fingerprint density at radius 2 is 1.63 bits per heavy atom. The van der Waals surface area contributed by atoms with Crippen LogP contribution < -0.4 is 20.9 Å². The molecular formula is C29H30N4O8. The van der Waals surface area contributed by atoms with Gasteiger partial charge in [0.05, 0.1) is 44.9 Å². The predicted molar refractivity (Wildman–Crippen MR) is 149 cm³/mol. The van der Waals surface area contributed by atoms with Crippen LogP contribution in [0.3, 0.4) is 0 Å². The highest BCUT2D eigenvalue weighted by molar-refractivity contribution is 6.25. The molecule has 1 aliphatic rings. The number of methoxy groups -OCH3 is 3. The highest BCUT2D eigenvalue weighted by Crippen LogP contribution is 2.47. The summed E-state index contributed by atoms with van der Waals surface area (Å²) in [6.07, 6.45) is 1.46. The molecule has 3 aromatic rings. The smallest absolute Gasteiger partial charge is 0.357 e. The van der Waals surface area contributed by atoms with Gasteiger partial charge in [-0.15, -0.1) is 0 Å². The molecule has 0 aliphatic heterocycles. The molecule has 1 aliphatic carbocycles. The van der Waals surface area contributed by atoms with Gasteiger partial charge in [-0.2, -0.15) is 0 Å². The van der Waals surface area contributed by atoms with Gasteiger partial charge in [0.2, 0.25) is 17.3 Å². The number of hydrogen-bond donors (Lipinski definition) is 3. The Morgan fingerprint density at radius 3 is 2.27 bits per heavy atom. The van der Waals surface area contributed by atoms with E-state index in [4.69, 9.17) is 30.4 Å². The second-order valence-electron chi connectivity index (χ2n) is 9.11. The predicted octanol–water partition coefficient (Wildman–Crippen LogP) is 3.58. The lowest BCUT2D eigenvalue weighted by Crippen LogP contribution is -2.28. The fourth-order valence-corrected chi connectivity index (χ4v) is 4.55. The topological polar surface area (TPSA) is 186 Å². The number of anilines is 1. The number of aromatic hydroxyl groups is 1. The van der Waals surface area contributed by atoms with E-state index in [1.165, 1.54) is 33.5 Å². The van der Waals surface area contributed by atoms with Gasteiger partial charge in [-0.05, 0) is 43.2 Å². The second kappa shape index (κ2) is 11.5. The number of phenolic OH excluding ortho intramolecular Hbond substituents is 1. The molecule has 0 saturated carbocycles. The maximum Gasteiger partial charge on any atom is 0.357 e. The van der Waals surface area contributed by atoms with Gasteiger partial charge >= 0.3 is 5.97 Å². The number of nitrogens with two attached hydrogens (primary N) is 2. The van der Waals surface area contributed by atoms with Gasteiger partial charge in [-0.3, -0.25) is 9.59 Å². The molecule has 2 heterocycles. The summed E-state index contributed by atoms with van der Waals surface area (Å²) in [5.41, 5.74) is 12.8. The van der Waals surface area contributed by atoms with Gasteiger partial charge in [0, 0.05) is 11.1 Å². The number of nitrogen functional groups attached to an aromatic ring is 1. The number of aromatic nitrogens is 2. The number of nitrogens with zero attached hydrogens (tertiary/aromatic N) is 2. The van der Waals surface area contributed by atoms with E-state index < -0.39 is 17.5 Å². The number of ether oxygens (including phenoxy) is 4. The van der Waals surface area contributed by atoms with Crippen molar-refractivity contribution in [2.75, 3.05) is 33.7 Å². The van der Waals surface area contributed by atoms with E-state index in [0.717, 1.165) is 6.42 Å². The minimum Gasteiger partial charge on any atom is -0.504 e. The van der Waals surface area contributed by atoms with Gasteiger partial charge in [-0.25, -0.2) is 14.8 Å². The lowest BCUT2D eigenvalue weighted by atomic mass is 9.93. The lowest BCUT2D eigenvalue weighted by Gasteiger charge is -2.20. The van der Waals surface area contributed by atoms with Gasteiger partial charge < -0.3 is 35.5 Å². The number of Topliss-reactive ketones (excluding diaryl/α,β-unsaturated/α-hetero) is 2. The zero-order valence-electron chi connectivity index (χ0n) is 23.3. The molecule has 0 spiro atoms. The summed E-state index contributed by atoms with van der Waals surface area (Å²) < 4.78 is 21.1. The van der Waals surface area contributed by atoms with Crippen molar-refractivity contribution in [2.45, 2.75) is 26.7 Å². The van der Waals surface area contributed by atoms with E-state index in [1.807, 2.05) is 6.92 Å². The molecule has 214 valence electrons. The van der Waals surface area contributed by atoms with E-state index in [2.05, 4.69) is 9.97 Å². The SMILES string of the molecule is CCCCOC(=O)c1nc(-c2ccc3c(n2)C(=O)C(N)=C(OC)C3=O)c(N)c(-c2ccc(OC)c(OC)c2O)c1C. The van der Waals surface area contributed by atoms with Crippen LogP contribution in [-0.2, 0) is 9.47 Å². The van der Waals surface area contributed by atoms with Crippen LogP contribution >= 0.6 is 0 Å². The third kappa shape index (κ3) is 4.88. The van der Waals surface area contributed by atoms with E-state index in [9.17, 15) is 19.5 Å². The standard InChI is InChI=1S/C29H30N4O8/c1-6-7-12-41-29(37)21-13(2)18(14-9-11-17(38-3)27(39-4)24(14)34)19(30)23(33-21)16-10-8-15-22(32-16)26(36)20(31)28(40-5)25(15)35/h8-11,34H,6-7,12,30-31H2,1-5H3. The largest absolute Gasteiger partial charge is 0.504 e. The number of carbonyl (C=O) groups is 3. The summed E-state index contributed by atoms with van der Waals surface area (Å²) in [5.74, 6) is -2.23. The summed E-state index contributed by atoms with van der Waals surface area (Å²) >= 11 is 0.